The van der Waals surface area contributed by atoms with Crippen molar-refractivity contribution >= 4 is 0 Å². The second kappa shape index (κ2) is 7.63. The largest absolute Gasteiger partial charge is 0.488 e. The summed E-state index contributed by atoms with van der Waals surface area (Å²) in [7, 11) is 1.59. The van der Waals surface area contributed by atoms with E-state index in [-0.39, 0.29) is 6.10 Å². The molecule has 7 nitrogen and oxygen atoms in total. The molecule has 0 unspecified atom stereocenters. The summed E-state index contributed by atoms with van der Waals surface area (Å²) in [6.45, 7) is 3.06. The molecule has 3 aromatic rings. The van der Waals surface area contributed by atoms with E-state index >= 15 is 0 Å². The zero-order chi connectivity index (χ0) is 17.8. The summed E-state index contributed by atoms with van der Waals surface area (Å²) in [5.41, 5.74) is 2.11. The molecular formula is C19H20N4O3. The lowest BCUT2D eigenvalue weighted by atomic mass is 10.1. The average Bonchev–Trinajstić information content (AvgIpc) is 3.10. The van der Waals surface area contributed by atoms with Crippen LogP contribution in [-0.2, 0) is 17.9 Å². The first-order chi connectivity index (χ1) is 12.8. The molecule has 0 bridgehead atoms. The number of rotatable bonds is 7. The van der Waals surface area contributed by atoms with Crippen molar-refractivity contribution < 1.29 is 14.0 Å². The third-order valence-corrected chi connectivity index (χ3v) is 4.20. The second-order valence-electron chi connectivity index (χ2n) is 6.26. The molecule has 134 valence electrons. The SMILES string of the molecule is COCc1nc(-c2ccc(OC3CN(Cc4cccnc4)C3)cc2)no1. The number of likely N-dealkylation sites (tertiary alicyclic amines) is 1. The molecule has 0 amide bonds. The highest BCUT2D eigenvalue weighted by molar-refractivity contribution is 5.55. The number of aromatic nitrogens is 3. The van der Waals surface area contributed by atoms with Gasteiger partial charge < -0.3 is 14.0 Å². The Morgan fingerprint density at radius 3 is 2.77 bits per heavy atom. The maximum atomic E-state index is 6.01. The molecule has 1 saturated heterocycles. The molecule has 0 radical (unpaired) electrons. The first-order valence-corrected chi connectivity index (χ1v) is 8.50. The third-order valence-electron chi connectivity index (χ3n) is 4.20. The van der Waals surface area contributed by atoms with Crippen LogP contribution in [0.2, 0.25) is 0 Å². The standard InChI is InChI=1S/C19H20N4O3/c1-24-13-18-21-19(22-26-18)15-4-6-16(7-5-15)25-17-11-23(12-17)10-14-3-2-8-20-9-14/h2-9,17H,10-13H2,1H3. The van der Waals surface area contributed by atoms with Crippen molar-refractivity contribution in [1.29, 1.82) is 0 Å². The highest BCUT2D eigenvalue weighted by Crippen LogP contribution is 2.23. The molecule has 0 N–H and O–H groups in total. The molecule has 2 aromatic heterocycles. The smallest absolute Gasteiger partial charge is 0.252 e. The highest BCUT2D eigenvalue weighted by Gasteiger charge is 2.28. The van der Waals surface area contributed by atoms with Crippen LogP contribution in [0.5, 0.6) is 5.75 Å². The minimum atomic E-state index is 0.219. The highest BCUT2D eigenvalue weighted by atomic mass is 16.5. The van der Waals surface area contributed by atoms with E-state index < -0.39 is 0 Å². The van der Waals surface area contributed by atoms with E-state index in [1.807, 2.05) is 36.5 Å². The van der Waals surface area contributed by atoms with Gasteiger partial charge >= 0.3 is 0 Å². The van der Waals surface area contributed by atoms with E-state index in [4.69, 9.17) is 14.0 Å². The number of hydrogen-bond donors (Lipinski definition) is 0. The van der Waals surface area contributed by atoms with Gasteiger partial charge in [0.2, 0.25) is 5.82 Å². The Morgan fingerprint density at radius 1 is 1.19 bits per heavy atom. The minimum Gasteiger partial charge on any atom is -0.488 e. The number of nitrogens with zero attached hydrogens (tertiary/aromatic N) is 4. The van der Waals surface area contributed by atoms with Crippen LogP contribution in [-0.4, -0.2) is 46.3 Å². The van der Waals surface area contributed by atoms with Gasteiger partial charge in [0.1, 0.15) is 18.5 Å². The molecule has 0 saturated carbocycles. The van der Waals surface area contributed by atoms with E-state index in [2.05, 4.69) is 26.1 Å². The average molecular weight is 352 g/mol. The molecule has 1 aliphatic rings. The van der Waals surface area contributed by atoms with Crippen LogP contribution in [0.3, 0.4) is 0 Å². The molecule has 1 aromatic carbocycles. The number of methoxy groups -OCH3 is 1. The predicted octanol–water partition coefficient (Wildman–Crippen LogP) is 2.54. The van der Waals surface area contributed by atoms with Crippen molar-refractivity contribution in [2.45, 2.75) is 19.3 Å². The predicted molar refractivity (Wildman–Crippen MR) is 94.4 cm³/mol. The lowest BCUT2D eigenvalue weighted by Crippen LogP contribution is -2.53. The van der Waals surface area contributed by atoms with Gasteiger partial charge in [0, 0.05) is 44.7 Å². The Morgan fingerprint density at radius 2 is 2.04 bits per heavy atom. The first kappa shape index (κ1) is 16.7. The first-order valence-electron chi connectivity index (χ1n) is 8.50. The third kappa shape index (κ3) is 3.89. The topological polar surface area (TPSA) is 73.5 Å². The number of ether oxygens (including phenoxy) is 2. The van der Waals surface area contributed by atoms with Crippen LogP contribution in [0.15, 0.2) is 53.3 Å². The molecular weight excluding hydrogens is 332 g/mol. The number of pyridine rings is 1. The van der Waals surface area contributed by atoms with E-state index in [1.165, 1.54) is 5.56 Å². The van der Waals surface area contributed by atoms with Gasteiger partial charge in [0.25, 0.3) is 5.89 Å². The molecule has 0 atom stereocenters. The zero-order valence-electron chi connectivity index (χ0n) is 14.5. The van der Waals surface area contributed by atoms with Gasteiger partial charge in [-0.3, -0.25) is 9.88 Å². The molecule has 7 heteroatoms. The zero-order valence-corrected chi connectivity index (χ0v) is 14.5. The van der Waals surface area contributed by atoms with Gasteiger partial charge in [-0.15, -0.1) is 0 Å². The van der Waals surface area contributed by atoms with E-state index in [0.29, 0.717) is 18.3 Å². The summed E-state index contributed by atoms with van der Waals surface area (Å²) < 4.78 is 16.1. The summed E-state index contributed by atoms with van der Waals surface area (Å²) in [4.78, 5) is 10.8. The maximum Gasteiger partial charge on any atom is 0.252 e. The second-order valence-corrected chi connectivity index (χ2v) is 6.26. The Kier molecular flexibility index (Phi) is 4.90. The van der Waals surface area contributed by atoms with Gasteiger partial charge in [-0.2, -0.15) is 4.98 Å². The molecule has 0 spiro atoms. The van der Waals surface area contributed by atoms with Crippen LogP contribution in [0.1, 0.15) is 11.5 Å². The van der Waals surface area contributed by atoms with Gasteiger partial charge in [0.05, 0.1) is 0 Å². The van der Waals surface area contributed by atoms with E-state index in [1.54, 1.807) is 13.3 Å². The van der Waals surface area contributed by atoms with Crippen LogP contribution in [0, 0.1) is 0 Å². The Hall–Kier alpha value is -2.77. The monoisotopic (exact) mass is 352 g/mol. The molecule has 0 aliphatic carbocycles. The Bertz CT molecular complexity index is 830. The van der Waals surface area contributed by atoms with Crippen LogP contribution in [0.25, 0.3) is 11.4 Å². The molecule has 1 aliphatic heterocycles. The molecule has 3 heterocycles. The lowest BCUT2D eigenvalue weighted by Gasteiger charge is -2.39. The van der Waals surface area contributed by atoms with Crippen LogP contribution < -0.4 is 4.74 Å². The van der Waals surface area contributed by atoms with Gasteiger partial charge in [-0.05, 0) is 35.9 Å². The fourth-order valence-electron chi connectivity index (χ4n) is 2.91. The minimum absolute atomic E-state index is 0.219. The van der Waals surface area contributed by atoms with E-state index in [9.17, 15) is 0 Å². The molecule has 4 rings (SSSR count). The van der Waals surface area contributed by atoms with E-state index in [0.717, 1.165) is 30.9 Å². The quantitative estimate of drug-likeness (QED) is 0.647. The summed E-state index contributed by atoms with van der Waals surface area (Å²) in [6.07, 6.45) is 3.92. The van der Waals surface area contributed by atoms with Crippen LogP contribution in [0.4, 0.5) is 0 Å². The van der Waals surface area contributed by atoms with Gasteiger partial charge in [-0.25, -0.2) is 0 Å². The van der Waals surface area contributed by atoms with Gasteiger partial charge in [-0.1, -0.05) is 11.2 Å². The summed E-state index contributed by atoms with van der Waals surface area (Å²) >= 11 is 0. The maximum absolute atomic E-state index is 6.01. The summed E-state index contributed by atoms with van der Waals surface area (Å²) in [5.74, 6) is 1.86. The fourth-order valence-corrected chi connectivity index (χ4v) is 2.91. The lowest BCUT2D eigenvalue weighted by molar-refractivity contribution is 0.0145. The number of hydrogen-bond acceptors (Lipinski definition) is 7. The normalized spacial score (nSPS) is 15.0. The van der Waals surface area contributed by atoms with Crippen LogP contribution >= 0.6 is 0 Å². The van der Waals surface area contributed by atoms with Crippen molar-refractivity contribution in [3.63, 3.8) is 0 Å². The fraction of sp³-hybridized carbons (Fsp3) is 0.316. The Labute approximate surface area is 151 Å². The molecule has 26 heavy (non-hydrogen) atoms. The van der Waals surface area contributed by atoms with Gasteiger partial charge in [0.15, 0.2) is 0 Å². The summed E-state index contributed by atoms with van der Waals surface area (Å²) in [5, 5.41) is 3.95. The van der Waals surface area contributed by atoms with Crippen molar-refractivity contribution in [2.24, 2.45) is 0 Å². The van der Waals surface area contributed by atoms with Crippen molar-refractivity contribution in [2.75, 3.05) is 20.2 Å². The summed E-state index contributed by atoms with van der Waals surface area (Å²) in [6, 6.07) is 11.8. The molecule has 1 fully saturated rings. The van der Waals surface area contributed by atoms with Crippen molar-refractivity contribution in [3.05, 3.63) is 60.2 Å². The number of benzene rings is 1. The van der Waals surface area contributed by atoms with Crippen molar-refractivity contribution in [1.82, 2.24) is 20.0 Å². The van der Waals surface area contributed by atoms with Crippen molar-refractivity contribution in [3.8, 4) is 17.1 Å². The Balaban J connectivity index is 1.28.